The molecule has 1 aromatic rings. The van der Waals surface area contributed by atoms with Crippen molar-refractivity contribution in [3.63, 3.8) is 0 Å². The zero-order valence-electron chi connectivity index (χ0n) is 8.79. The molecule has 1 aromatic heterocycles. The molecular formula is C10H15N3S. The third-order valence-corrected chi connectivity index (χ3v) is 2.53. The topological polar surface area (TPSA) is 48.7 Å². The molecule has 0 radical (unpaired) electrons. The van der Waals surface area contributed by atoms with E-state index in [-0.39, 0.29) is 5.54 Å². The molecule has 0 aliphatic heterocycles. The number of hydrogen-bond acceptors (Lipinski definition) is 4. The smallest absolute Gasteiger partial charge is 0.107 e. The molecule has 14 heavy (non-hydrogen) atoms. The van der Waals surface area contributed by atoms with Crippen LogP contribution in [0.4, 0.5) is 0 Å². The molecule has 0 amide bonds. The third kappa shape index (κ3) is 3.86. The summed E-state index contributed by atoms with van der Waals surface area (Å²) in [6.45, 7) is 7.13. The van der Waals surface area contributed by atoms with Gasteiger partial charge in [0.2, 0.25) is 0 Å². The van der Waals surface area contributed by atoms with Gasteiger partial charge in [0.05, 0.1) is 18.2 Å². The van der Waals surface area contributed by atoms with Crippen molar-refractivity contribution in [2.75, 3.05) is 0 Å². The second-order valence-corrected chi connectivity index (χ2v) is 5.11. The van der Waals surface area contributed by atoms with Gasteiger partial charge in [-0.05, 0) is 20.8 Å². The van der Waals surface area contributed by atoms with E-state index in [0.717, 1.165) is 17.2 Å². The molecular weight excluding hydrogens is 194 g/mol. The molecule has 0 fully saturated rings. The predicted octanol–water partition coefficient (Wildman–Crippen LogP) is 2.10. The molecule has 0 bridgehead atoms. The van der Waals surface area contributed by atoms with Crippen LogP contribution in [0, 0.1) is 11.3 Å². The number of nitrogens with one attached hydrogen (secondary N) is 1. The van der Waals surface area contributed by atoms with Gasteiger partial charge < -0.3 is 5.32 Å². The number of hydrogen-bond donors (Lipinski definition) is 1. The van der Waals surface area contributed by atoms with E-state index in [1.807, 2.05) is 5.38 Å². The Kier molecular flexibility index (Phi) is 3.62. The zero-order chi connectivity index (χ0) is 10.6. The van der Waals surface area contributed by atoms with Crippen LogP contribution in [0.1, 0.15) is 31.5 Å². The highest BCUT2D eigenvalue weighted by Crippen LogP contribution is 2.11. The third-order valence-electron chi connectivity index (χ3n) is 1.63. The maximum absolute atomic E-state index is 8.49. The lowest BCUT2D eigenvalue weighted by atomic mass is 10.1. The second kappa shape index (κ2) is 4.54. The van der Waals surface area contributed by atoms with E-state index in [1.165, 1.54) is 0 Å². The number of aromatic nitrogens is 1. The van der Waals surface area contributed by atoms with Gasteiger partial charge in [0.1, 0.15) is 5.01 Å². The predicted molar refractivity (Wildman–Crippen MR) is 58.0 cm³/mol. The number of nitrogens with zero attached hydrogens (tertiary/aromatic N) is 2. The Hall–Kier alpha value is -0.920. The lowest BCUT2D eigenvalue weighted by Gasteiger charge is -2.19. The fourth-order valence-electron chi connectivity index (χ4n) is 0.935. The van der Waals surface area contributed by atoms with Gasteiger partial charge in [0.25, 0.3) is 0 Å². The van der Waals surface area contributed by atoms with Gasteiger partial charge in [-0.1, -0.05) is 0 Å². The summed E-state index contributed by atoms with van der Waals surface area (Å²) in [7, 11) is 0. The standard InChI is InChI=1S/C10H15N3S/c1-10(2,3)12-6-8-7-14-9(13-8)4-5-11/h7,12H,4,6H2,1-3H3. The monoisotopic (exact) mass is 209 g/mol. The second-order valence-electron chi connectivity index (χ2n) is 4.17. The molecule has 0 saturated carbocycles. The molecule has 0 atom stereocenters. The number of rotatable bonds is 3. The van der Waals surface area contributed by atoms with E-state index in [2.05, 4.69) is 37.1 Å². The van der Waals surface area contributed by atoms with Gasteiger partial charge in [-0.2, -0.15) is 5.26 Å². The highest BCUT2D eigenvalue weighted by molar-refractivity contribution is 7.09. The van der Waals surface area contributed by atoms with Crippen LogP contribution in [0.25, 0.3) is 0 Å². The van der Waals surface area contributed by atoms with E-state index in [0.29, 0.717) is 6.42 Å². The lowest BCUT2D eigenvalue weighted by Crippen LogP contribution is -2.35. The highest BCUT2D eigenvalue weighted by atomic mass is 32.1. The molecule has 0 aromatic carbocycles. The highest BCUT2D eigenvalue weighted by Gasteiger charge is 2.09. The van der Waals surface area contributed by atoms with Gasteiger partial charge in [0.15, 0.2) is 0 Å². The van der Waals surface area contributed by atoms with Crippen molar-refractivity contribution in [1.82, 2.24) is 10.3 Å². The van der Waals surface area contributed by atoms with E-state index >= 15 is 0 Å². The summed E-state index contributed by atoms with van der Waals surface area (Å²) in [5.74, 6) is 0. The van der Waals surface area contributed by atoms with E-state index in [1.54, 1.807) is 11.3 Å². The molecule has 0 aliphatic carbocycles. The fraction of sp³-hybridized carbons (Fsp3) is 0.600. The maximum atomic E-state index is 8.49. The minimum atomic E-state index is 0.110. The van der Waals surface area contributed by atoms with Crippen molar-refractivity contribution in [2.45, 2.75) is 39.3 Å². The van der Waals surface area contributed by atoms with Gasteiger partial charge in [-0.15, -0.1) is 11.3 Å². The van der Waals surface area contributed by atoms with Crippen LogP contribution in [0.5, 0.6) is 0 Å². The van der Waals surface area contributed by atoms with Gasteiger partial charge in [-0.3, -0.25) is 0 Å². The summed E-state index contributed by atoms with van der Waals surface area (Å²) in [6.07, 6.45) is 0.417. The Bertz CT molecular complexity index is 330. The molecule has 4 heteroatoms. The van der Waals surface area contributed by atoms with Crippen molar-refractivity contribution in [3.05, 3.63) is 16.1 Å². The van der Waals surface area contributed by atoms with Crippen molar-refractivity contribution in [3.8, 4) is 6.07 Å². The van der Waals surface area contributed by atoms with Crippen LogP contribution in [-0.4, -0.2) is 10.5 Å². The molecule has 3 nitrogen and oxygen atoms in total. The van der Waals surface area contributed by atoms with E-state index in [4.69, 9.17) is 5.26 Å². The molecule has 0 unspecified atom stereocenters. The van der Waals surface area contributed by atoms with Crippen LogP contribution >= 0.6 is 11.3 Å². The maximum Gasteiger partial charge on any atom is 0.107 e. The first-order valence-electron chi connectivity index (χ1n) is 4.56. The molecule has 1 rings (SSSR count). The summed E-state index contributed by atoms with van der Waals surface area (Å²) in [5.41, 5.74) is 1.13. The Morgan fingerprint density at radius 3 is 2.86 bits per heavy atom. The van der Waals surface area contributed by atoms with Crippen LogP contribution in [0.15, 0.2) is 5.38 Å². The zero-order valence-corrected chi connectivity index (χ0v) is 9.61. The quantitative estimate of drug-likeness (QED) is 0.829. The van der Waals surface area contributed by atoms with Crippen LogP contribution in [0.2, 0.25) is 0 Å². The Labute approximate surface area is 88.8 Å². The first kappa shape index (κ1) is 11.2. The van der Waals surface area contributed by atoms with Crippen LogP contribution in [-0.2, 0) is 13.0 Å². The summed E-state index contributed by atoms with van der Waals surface area (Å²) in [6, 6.07) is 2.10. The summed E-state index contributed by atoms with van der Waals surface area (Å²) < 4.78 is 0. The number of thiazole rings is 1. The first-order valence-corrected chi connectivity index (χ1v) is 5.44. The van der Waals surface area contributed by atoms with E-state index < -0.39 is 0 Å². The lowest BCUT2D eigenvalue weighted by molar-refractivity contribution is 0.421. The summed E-state index contributed by atoms with van der Waals surface area (Å²) in [5, 5.41) is 14.8. The molecule has 1 N–H and O–H groups in total. The Morgan fingerprint density at radius 1 is 1.57 bits per heavy atom. The average molecular weight is 209 g/mol. The molecule has 0 aliphatic rings. The SMILES string of the molecule is CC(C)(C)NCc1csc(CC#N)n1. The normalized spacial score (nSPS) is 11.3. The van der Waals surface area contributed by atoms with Crippen LogP contribution in [0.3, 0.4) is 0 Å². The van der Waals surface area contributed by atoms with Gasteiger partial charge >= 0.3 is 0 Å². The van der Waals surface area contributed by atoms with Crippen molar-refractivity contribution in [1.29, 1.82) is 5.26 Å². The minimum Gasteiger partial charge on any atom is -0.306 e. The number of nitriles is 1. The molecule has 1 heterocycles. The van der Waals surface area contributed by atoms with Crippen molar-refractivity contribution in [2.24, 2.45) is 0 Å². The van der Waals surface area contributed by atoms with Crippen LogP contribution < -0.4 is 5.32 Å². The molecule has 0 saturated heterocycles. The van der Waals surface area contributed by atoms with Gasteiger partial charge in [0, 0.05) is 17.5 Å². The Morgan fingerprint density at radius 2 is 2.29 bits per heavy atom. The average Bonchev–Trinajstić information content (AvgIpc) is 2.49. The largest absolute Gasteiger partial charge is 0.306 e. The molecule has 76 valence electrons. The fourth-order valence-corrected chi connectivity index (χ4v) is 1.66. The molecule has 0 spiro atoms. The van der Waals surface area contributed by atoms with Crippen molar-refractivity contribution >= 4 is 11.3 Å². The minimum absolute atomic E-state index is 0.110. The van der Waals surface area contributed by atoms with Gasteiger partial charge in [-0.25, -0.2) is 4.98 Å². The Balaban J connectivity index is 2.49. The summed E-state index contributed by atoms with van der Waals surface area (Å²) in [4.78, 5) is 4.34. The summed E-state index contributed by atoms with van der Waals surface area (Å²) >= 11 is 1.55. The van der Waals surface area contributed by atoms with Crippen molar-refractivity contribution < 1.29 is 0 Å². The van der Waals surface area contributed by atoms with E-state index in [9.17, 15) is 0 Å². The first-order chi connectivity index (χ1) is 6.51.